The SMILES string of the molecule is CCOc1ccccc1C(=O)COc1ccc(F)c(Cl)c1. The molecule has 0 saturated carbocycles. The maximum Gasteiger partial charge on any atom is 0.203 e. The van der Waals surface area contributed by atoms with E-state index < -0.39 is 5.82 Å². The van der Waals surface area contributed by atoms with Crippen molar-refractivity contribution in [2.75, 3.05) is 13.2 Å². The van der Waals surface area contributed by atoms with Crippen LogP contribution >= 0.6 is 11.6 Å². The van der Waals surface area contributed by atoms with Crippen LogP contribution < -0.4 is 9.47 Å². The Labute approximate surface area is 127 Å². The molecule has 0 N–H and O–H groups in total. The number of carbonyl (C=O) groups is 1. The lowest BCUT2D eigenvalue weighted by Crippen LogP contribution is -2.13. The molecule has 0 spiro atoms. The first-order valence-corrected chi connectivity index (χ1v) is 6.82. The van der Waals surface area contributed by atoms with E-state index in [-0.39, 0.29) is 17.4 Å². The van der Waals surface area contributed by atoms with E-state index in [0.717, 1.165) is 0 Å². The summed E-state index contributed by atoms with van der Waals surface area (Å²) in [6.07, 6.45) is 0. The molecule has 0 aliphatic carbocycles. The molecule has 0 unspecified atom stereocenters. The van der Waals surface area contributed by atoms with E-state index in [0.29, 0.717) is 23.7 Å². The van der Waals surface area contributed by atoms with Gasteiger partial charge in [0.05, 0.1) is 17.2 Å². The predicted octanol–water partition coefficient (Wildman–Crippen LogP) is 4.14. The molecule has 0 bridgehead atoms. The van der Waals surface area contributed by atoms with Gasteiger partial charge in [-0.1, -0.05) is 23.7 Å². The van der Waals surface area contributed by atoms with Crippen molar-refractivity contribution in [2.45, 2.75) is 6.92 Å². The van der Waals surface area contributed by atoms with Crippen molar-refractivity contribution in [3.8, 4) is 11.5 Å². The van der Waals surface area contributed by atoms with Gasteiger partial charge < -0.3 is 9.47 Å². The highest BCUT2D eigenvalue weighted by atomic mass is 35.5. The number of halogens is 2. The summed E-state index contributed by atoms with van der Waals surface area (Å²) < 4.78 is 23.8. The van der Waals surface area contributed by atoms with E-state index in [1.165, 1.54) is 18.2 Å². The number of benzene rings is 2. The maximum atomic E-state index is 13.0. The van der Waals surface area contributed by atoms with Crippen LogP contribution in [-0.4, -0.2) is 19.0 Å². The summed E-state index contributed by atoms with van der Waals surface area (Å²) in [6.45, 7) is 2.14. The summed E-state index contributed by atoms with van der Waals surface area (Å²) in [5.74, 6) is 0.103. The number of para-hydroxylation sites is 1. The van der Waals surface area contributed by atoms with Crippen molar-refractivity contribution in [2.24, 2.45) is 0 Å². The van der Waals surface area contributed by atoms with Crippen LogP contribution in [0.25, 0.3) is 0 Å². The van der Waals surface area contributed by atoms with Gasteiger partial charge in [-0.2, -0.15) is 0 Å². The molecular weight excluding hydrogens is 295 g/mol. The van der Waals surface area contributed by atoms with Gasteiger partial charge in [-0.05, 0) is 31.2 Å². The van der Waals surface area contributed by atoms with Crippen molar-refractivity contribution < 1.29 is 18.7 Å². The molecule has 21 heavy (non-hydrogen) atoms. The molecule has 3 nitrogen and oxygen atoms in total. The van der Waals surface area contributed by atoms with E-state index in [1.54, 1.807) is 24.3 Å². The minimum atomic E-state index is -0.531. The molecule has 110 valence electrons. The first-order chi connectivity index (χ1) is 10.1. The van der Waals surface area contributed by atoms with Crippen molar-refractivity contribution in [1.82, 2.24) is 0 Å². The number of hydrogen-bond donors (Lipinski definition) is 0. The second-order valence-electron chi connectivity index (χ2n) is 4.22. The van der Waals surface area contributed by atoms with Crippen LogP contribution in [0.2, 0.25) is 5.02 Å². The molecule has 0 amide bonds. The van der Waals surface area contributed by atoms with Crippen LogP contribution in [0.5, 0.6) is 11.5 Å². The molecule has 2 aromatic rings. The summed E-state index contributed by atoms with van der Waals surface area (Å²) in [5, 5.41) is -0.0466. The Hall–Kier alpha value is -2.07. The lowest BCUT2D eigenvalue weighted by atomic mass is 10.1. The Morgan fingerprint density at radius 2 is 1.95 bits per heavy atom. The minimum absolute atomic E-state index is 0.0466. The minimum Gasteiger partial charge on any atom is -0.493 e. The van der Waals surface area contributed by atoms with Crippen LogP contribution in [0.1, 0.15) is 17.3 Å². The van der Waals surface area contributed by atoms with Crippen molar-refractivity contribution in [3.05, 3.63) is 58.9 Å². The second kappa shape index (κ2) is 7.09. The van der Waals surface area contributed by atoms with Crippen LogP contribution in [0, 0.1) is 5.82 Å². The zero-order valence-electron chi connectivity index (χ0n) is 11.4. The highest BCUT2D eigenvalue weighted by Gasteiger charge is 2.13. The molecule has 0 radical (unpaired) electrons. The Morgan fingerprint density at radius 3 is 2.67 bits per heavy atom. The molecule has 5 heteroatoms. The standard InChI is InChI=1S/C16H14ClFO3/c1-2-20-16-6-4-3-5-12(16)15(19)10-21-11-7-8-14(18)13(17)9-11/h3-9H,2,10H2,1H3. The van der Waals surface area contributed by atoms with Crippen LogP contribution in [0.15, 0.2) is 42.5 Å². The Morgan fingerprint density at radius 1 is 1.19 bits per heavy atom. The molecule has 2 rings (SSSR count). The Kier molecular flexibility index (Phi) is 5.17. The van der Waals surface area contributed by atoms with Crippen LogP contribution in [0.4, 0.5) is 4.39 Å². The number of rotatable bonds is 6. The third-order valence-corrected chi connectivity index (χ3v) is 3.04. The number of ketones is 1. The Bertz CT molecular complexity index is 643. The van der Waals surface area contributed by atoms with Crippen LogP contribution in [-0.2, 0) is 0 Å². The van der Waals surface area contributed by atoms with Crippen LogP contribution in [0.3, 0.4) is 0 Å². The fraction of sp³-hybridized carbons (Fsp3) is 0.188. The molecule has 0 fully saturated rings. The summed E-state index contributed by atoms with van der Waals surface area (Å²) >= 11 is 5.65. The van der Waals surface area contributed by atoms with Gasteiger partial charge in [0.2, 0.25) is 5.78 Å². The molecule has 0 aliphatic rings. The number of carbonyl (C=O) groups excluding carboxylic acids is 1. The van der Waals surface area contributed by atoms with Gasteiger partial charge in [0.15, 0.2) is 6.61 Å². The average molecular weight is 309 g/mol. The van der Waals surface area contributed by atoms with E-state index in [4.69, 9.17) is 21.1 Å². The quantitative estimate of drug-likeness (QED) is 0.752. The molecular formula is C16H14ClFO3. The first-order valence-electron chi connectivity index (χ1n) is 6.44. The summed E-state index contributed by atoms with van der Waals surface area (Å²) in [5.41, 5.74) is 0.451. The smallest absolute Gasteiger partial charge is 0.203 e. The molecule has 0 atom stereocenters. The van der Waals surface area contributed by atoms with E-state index in [9.17, 15) is 9.18 Å². The Balaban J connectivity index is 2.06. The summed E-state index contributed by atoms with van der Waals surface area (Å²) in [7, 11) is 0. The average Bonchev–Trinajstić information content (AvgIpc) is 2.49. The van der Waals surface area contributed by atoms with E-state index >= 15 is 0 Å². The third kappa shape index (κ3) is 3.95. The zero-order chi connectivity index (χ0) is 15.2. The lowest BCUT2D eigenvalue weighted by Gasteiger charge is -2.10. The lowest BCUT2D eigenvalue weighted by molar-refractivity contribution is 0.0917. The third-order valence-electron chi connectivity index (χ3n) is 2.75. The molecule has 0 saturated heterocycles. The van der Waals surface area contributed by atoms with Gasteiger partial charge >= 0.3 is 0 Å². The van der Waals surface area contributed by atoms with Gasteiger partial charge in [0, 0.05) is 6.07 Å². The molecule has 0 heterocycles. The van der Waals surface area contributed by atoms with Gasteiger partial charge in [-0.3, -0.25) is 4.79 Å². The number of Topliss-reactive ketones (excluding diaryl/α,β-unsaturated/α-hetero) is 1. The normalized spacial score (nSPS) is 10.2. The highest BCUT2D eigenvalue weighted by molar-refractivity contribution is 6.30. The topological polar surface area (TPSA) is 35.5 Å². The fourth-order valence-corrected chi connectivity index (χ4v) is 1.94. The molecule has 0 aliphatic heterocycles. The molecule has 2 aromatic carbocycles. The van der Waals surface area contributed by atoms with E-state index in [1.807, 2.05) is 6.92 Å². The van der Waals surface area contributed by atoms with Crippen molar-refractivity contribution >= 4 is 17.4 Å². The fourth-order valence-electron chi connectivity index (χ4n) is 1.77. The monoisotopic (exact) mass is 308 g/mol. The van der Waals surface area contributed by atoms with Gasteiger partial charge in [-0.15, -0.1) is 0 Å². The summed E-state index contributed by atoms with van der Waals surface area (Å²) in [4.78, 5) is 12.2. The van der Waals surface area contributed by atoms with Crippen molar-refractivity contribution in [1.29, 1.82) is 0 Å². The first kappa shape index (κ1) is 15.3. The zero-order valence-corrected chi connectivity index (χ0v) is 12.2. The second-order valence-corrected chi connectivity index (χ2v) is 4.62. The van der Waals surface area contributed by atoms with Gasteiger partial charge in [0.25, 0.3) is 0 Å². The van der Waals surface area contributed by atoms with E-state index in [2.05, 4.69) is 0 Å². The maximum absolute atomic E-state index is 13.0. The summed E-state index contributed by atoms with van der Waals surface area (Å²) in [6, 6.07) is 10.9. The number of ether oxygens (including phenoxy) is 2. The molecule has 0 aromatic heterocycles. The largest absolute Gasteiger partial charge is 0.493 e. The predicted molar refractivity (Wildman–Crippen MR) is 78.8 cm³/mol. The van der Waals surface area contributed by atoms with Gasteiger partial charge in [-0.25, -0.2) is 4.39 Å². The van der Waals surface area contributed by atoms with Crippen molar-refractivity contribution in [3.63, 3.8) is 0 Å². The van der Waals surface area contributed by atoms with Gasteiger partial charge in [0.1, 0.15) is 17.3 Å². The highest BCUT2D eigenvalue weighted by Crippen LogP contribution is 2.22. The number of hydrogen-bond acceptors (Lipinski definition) is 3.